The first-order chi connectivity index (χ1) is 33.5. The Kier molecular flexibility index (Phi) is 53.4. The molecule has 0 aliphatic carbocycles. The van der Waals surface area contributed by atoms with Gasteiger partial charge in [-0.1, -0.05) is 260 Å². The fourth-order valence-corrected chi connectivity index (χ4v) is 7.90. The van der Waals surface area contributed by atoms with Crippen molar-refractivity contribution in [3.8, 4) is 0 Å². The van der Waals surface area contributed by atoms with Gasteiger partial charge in [0.2, 0.25) is 0 Å². The summed E-state index contributed by atoms with van der Waals surface area (Å²) in [4.78, 5) is 38.1. The van der Waals surface area contributed by atoms with Crippen LogP contribution in [0.3, 0.4) is 0 Å². The summed E-state index contributed by atoms with van der Waals surface area (Å²) in [6, 6.07) is 0. The summed E-state index contributed by atoms with van der Waals surface area (Å²) in [5.41, 5.74) is 0. The molecule has 0 fully saturated rings. The van der Waals surface area contributed by atoms with E-state index in [2.05, 4.69) is 93.7 Å². The SMILES string of the molecule is CC/C=C\C/C=C\C/C=C\C/C=C\C/C=C\CC(=O)OCC(COC(=O)CCCCCCCCCCC/C=C\C/C=C\CCCCC)OC(=O)CCCCCCCCCCCCCCCCCC. The Bertz CT molecular complexity index is 1320. The van der Waals surface area contributed by atoms with Crippen LogP contribution in [0.15, 0.2) is 85.1 Å². The van der Waals surface area contributed by atoms with Crippen LogP contribution >= 0.6 is 0 Å². The fraction of sp³-hybridized carbons (Fsp3) is 0.726. The zero-order chi connectivity index (χ0) is 49.3. The smallest absolute Gasteiger partial charge is 0.309 e. The average molecular weight is 948 g/mol. The Labute approximate surface area is 420 Å². The minimum atomic E-state index is -0.817. The standard InChI is InChI=1S/C62H106O6/c1-4-7-10-13-16-19-22-25-28-30-31-32-35-37-40-43-46-49-52-55-61(64)67-58-59(57-66-60(63)54-51-48-45-42-39-36-33-27-24-21-18-15-12-9-6-3)68-62(65)56-53-50-47-44-41-38-34-29-26-23-20-17-14-11-8-5-2/h9,12,16,18-19,21,25,27-28,33,39,42,48,51,59H,4-8,10-11,13-15,17,20,22-24,26,29-32,34-38,40-41,43-47,49-50,52-58H2,1-3H3/b12-9-,19-16-,21-18-,28-25-,33-27-,42-39-,51-48-. The highest BCUT2D eigenvalue weighted by molar-refractivity contribution is 5.72. The lowest BCUT2D eigenvalue weighted by Crippen LogP contribution is -2.30. The van der Waals surface area contributed by atoms with Crippen LogP contribution in [0.2, 0.25) is 0 Å². The van der Waals surface area contributed by atoms with Crippen LogP contribution in [0.4, 0.5) is 0 Å². The first-order valence-electron chi connectivity index (χ1n) is 28.6. The van der Waals surface area contributed by atoms with E-state index in [9.17, 15) is 14.4 Å². The number of esters is 3. The number of carbonyl (C=O) groups is 3. The van der Waals surface area contributed by atoms with Crippen molar-refractivity contribution in [1.82, 2.24) is 0 Å². The van der Waals surface area contributed by atoms with Crippen molar-refractivity contribution in [1.29, 1.82) is 0 Å². The first kappa shape index (κ1) is 64.6. The van der Waals surface area contributed by atoms with E-state index in [4.69, 9.17) is 14.2 Å². The zero-order valence-electron chi connectivity index (χ0n) is 44.6. The molecule has 6 nitrogen and oxygen atoms in total. The normalized spacial score (nSPS) is 12.7. The Hall–Kier alpha value is -3.41. The predicted octanol–water partition coefficient (Wildman–Crippen LogP) is 19.2. The number of rotatable bonds is 51. The number of hydrogen-bond donors (Lipinski definition) is 0. The van der Waals surface area contributed by atoms with E-state index in [1.165, 1.54) is 154 Å². The van der Waals surface area contributed by atoms with Gasteiger partial charge in [-0.05, 0) is 77.0 Å². The molecule has 0 bridgehead atoms. The summed E-state index contributed by atoms with van der Waals surface area (Å²) in [6.45, 7) is 6.43. The van der Waals surface area contributed by atoms with Crippen LogP contribution in [0.1, 0.15) is 271 Å². The number of ether oxygens (including phenoxy) is 3. The second-order valence-corrected chi connectivity index (χ2v) is 18.8. The van der Waals surface area contributed by atoms with Crippen LogP contribution in [-0.2, 0) is 28.6 Å². The van der Waals surface area contributed by atoms with Gasteiger partial charge in [0.15, 0.2) is 6.10 Å². The van der Waals surface area contributed by atoms with Gasteiger partial charge in [0.05, 0.1) is 6.42 Å². The molecule has 6 heteroatoms. The largest absolute Gasteiger partial charge is 0.462 e. The van der Waals surface area contributed by atoms with Crippen LogP contribution in [0, 0.1) is 0 Å². The summed E-state index contributed by atoms with van der Waals surface area (Å²) >= 11 is 0. The molecule has 0 aromatic carbocycles. The van der Waals surface area contributed by atoms with E-state index < -0.39 is 12.1 Å². The molecule has 0 aromatic heterocycles. The molecule has 1 atom stereocenters. The topological polar surface area (TPSA) is 78.9 Å². The summed E-state index contributed by atoms with van der Waals surface area (Å²) < 4.78 is 16.8. The molecule has 0 saturated carbocycles. The molecule has 390 valence electrons. The molecule has 0 amide bonds. The second kappa shape index (κ2) is 56.2. The van der Waals surface area contributed by atoms with Gasteiger partial charge in [0.1, 0.15) is 13.2 Å². The van der Waals surface area contributed by atoms with Gasteiger partial charge in [0.25, 0.3) is 0 Å². The summed E-state index contributed by atoms with van der Waals surface area (Å²) in [7, 11) is 0. The van der Waals surface area contributed by atoms with Crippen molar-refractivity contribution in [3.05, 3.63) is 85.1 Å². The number of unbranched alkanes of at least 4 members (excludes halogenated alkanes) is 27. The molecule has 0 aliphatic heterocycles. The molecule has 0 rings (SSSR count). The van der Waals surface area contributed by atoms with E-state index in [0.717, 1.165) is 77.0 Å². The fourth-order valence-electron chi connectivity index (χ4n) is 7.90. The van der Waals surface area contributed by atoms with Gasteiger partial charge in [-0.15, -0.1) is 0 Å². The molecular formula is C62H106O6. The lowest BCUT2D eigenvalue weighted by Gasteiger charge is -2.18. The van der Waals surface area contributed by atoms with Crippen molar-refractivity contribution in [2.45, 2.75) is 277 Å². The third-order valence-electron chi connectivity index (χ3n) is 12.2. The maximum absolute atomic E-state index is 12.8. The monoisotopic (exact) mass is 947 g/mol. The molecule has 0 aromatic rings. The minimum Gasteiger partial charge on any atom is -0.462 e. The predicted molar refractivity (Wildman–Crippen MR) is 293 cm³/mol. The molecule has 0 aliphatic rings. The average Bonchev–Trinajstić information content (AvgIpc) is 3.34. The van der Waals surface area contributed by atoms with Gasteiger partial charge in [-0.25, -0.2) is 0 Å². The van der Waals surface area contributed by atoms with Gasteiger partial charge in [0, 0.05) is 12.8 Å². The first-order valence-corrected chi connectivity index (χ1v) is 28.6. The van der Waals surface area contributed by atoms with Crippen molar-refractivity contribution in [2.24, 2.45) is 0 Å². The minimum absolute atomic E-state index is 0.107. The van der Waals surface area contributed by atoms with E-state index in [0.29, 0.717) is 12.8 Å². The molecule has 0 radical (unpaired) electrons. The third-order valence-corrected chi connectivity index (χ3v) is 12.2. The van der Waals surface area contributed by atoms with Crippen LogP contribution in [-0.4, -0.2) is 37.2 Å². The quantitative estimate of drug-likeness (QED) is 0.0262. The summed E-state index contributed by atoms with van der Waals surface area (Å²) in [6.07, 6.45) is 73.1. The lowest BCUT2D eigenvalue weighted by atomic mass is 10.0. The highest BCUT2D eigenvalue weighted by Gasteiger charge is 2.19. The Morgan fingerprint density at radius 1 is 0.324 bits per heavy atom. The van der Waals surface area contributed by atoms with Gasteiger partial charge in [-0.2, -0.15) is 0 Å². The molecule has 68 heavy (non-hydrogen) atoms. The van der Waals surface area contributed by atoms with Gasteiger partial charge < -0.3 is 14.2 Å². The molecule has 0 spiro atoms. The Balaban J connectivity index is 4.46. The third kappa shape index (κ3) is 53.5. The Morgan fingerprint density at radius 2 is 0.632 bits per heavy atom. The summed E-state index contributed by atoms with van der Waals surface area (Å²) in [5, 5.41) is 0. The van der Waals surface area contributed by atoms with E-state index in [1.807, 2.05) is 6.08 Å². The van der Waals surface area contributed by atoms with Crippen LogP contribution in [0.5, 0.6) is 0 Å². The number of allylic oxidation sites excluding steroid dienone is 13. The van der Waals surface area contributed by atoms with Gasteiger partial charge >= 0.3 is 17.9 Å². The van der Waals surface area contributed by atoms with Crippen molar-refractivity contribution < 1.29 is 28.6 Å². The van der Waals surface area contributed by atoms with Gasteiger partial charge in [-0.3, -0.25) is 14.4 Å². The molecule has 0 N–H and O–H groups in total. The van der Waals surface area contributed by atoms with Crippen LogP contribution in [0.25, 0.3) is 0 Å². The maximum atomic E-state index is 12.8. The highest BCUT2D eigenvalue weighted by atomic mass is 16.6. The number of hydrogen-bond acceptors (Lipinski definition) is 6. The van der Waals surface area contributed by atoms with Crippen LogP contribution < -0.4 is 0 Å². The lowest BCUT2D eigenvalue weighted by molar-refractivity contribution is -0.166. The maximum Gasteiger partial charge on any atom is 0.309 e. The van der Waals surface area contributed by atoms with Crippen molar-refractivity contribution in [3.63, 3.8) is 0 Å². The molecular weight excluding hydrogens is 841 g/mol. The Morgan fingerprint density at radius 3 is 1.06 bits per heavy atom. The van der Waals surface area contributed by atoms with E-state index in [-0.39, 0.29) is 31.6 Å². The highest BCUT2D eigenvalue weighted by Crippen LogP contribution is 2.16. The van der Waals surface area contributed by atoms with Crippen molar-refractivity contribution in [2.75, 3.05) is 13.2 Å². The van der Waals surface area contributed by atoms with E-state index in [1.54, 1.807) is 6.08 Å². The second-order valence-electron chi connectivity index (χ2n) is 18.8. The molecule has 0 saturated heterocycles. The molecule has 1 unspecified atom stereocenters. The number of carbonyl (C=O) groups excluding carboxylic acids is 3. The van der Waals surface area contributed by atoms with Crippen molar-refractivity contribution >= 4 is 17.9 Å². The zero-order valence-corrected chi connectivity index (χ0v) is 44.6. The van der Waals surface area contributed by atoms with E-state index >= 15 is 0 Å². The molecule has 0 heterocycles. The summed E-state index contributed by atoms with van der Waals surface area (Å²) in [5.74, 6) is -1.04.